The molecule has 0 saturated carbocycles. The fourth-order valence-corrected chi connectivity index (χ4v) is 2.28. The molecule has 0 aliphatic carbocycles. The van der Waals surface area contributed by atoms with Crippen molar-refractivity contribution in [3.8, 4) is 11.5 Å². The van der Waals surface area contributed by atoms with Crippen LogP contribution in [-0.4, -0.2) is 23.5 Å². The first-order valence-corrected chi connectivity index (χ1v) is 8.23. The van der Waals surface area contributed by atoms with Gasteiger partial charge in [-0.05, 0) is 42.0 Å². The number of phenols is 1. The average molecular weight is 366 g/mol. The number of anilines is 1. The van der Waals surface area contributed by atoms with Gasteiger partial charge in [-0.1, -0.05) is 24.3 Å². The quantitative estimate of drug-likeness (QED) is 0.597. The number of hydrogen-bond acceptors (Lipinski definition) is 5. The summed E-state index contributed by atoms with van der Waals surface area (Å²) in [4.78, 5) is 23.8. The molecule has 3 rings (SSSR count). The number of nitrogens with one attached hydrogen (secondary N) is 2. The Bertz CT molecular complexity index is 904. The fourth-order valence-electron chi connectivity index (χ4n) is 2.28. The summed E-state index contributed by atoms with van der Waals surface area (Å²) in [6, 6.07) is 16.7. The summed E-state index contributed by atoms with van der Waals surface area (Å²) in [6.07, 6.45) is 1.43. The van der Waals surface area contributed by atoms with E-state index in [0.29, 0.717) is 12.2 Å². The van der Waals surface area contributed by atoms with Gasteiger partial charge in [0.05, 0.1) is 6.26 Å². The van der Waals surface area contributed by atoms with Gasteiger partial charge >= 0.3 is 0 Å². The number of para-hydroxylation sites is 2. The number of hydrogen-bond donors (Lipinski definition) is 3. The van der Waals surface area contributed by atoms with Crippen molar-refractivity contribution in [3.63, 3.8) is 0 Å². The third-order valence-corrected chi connectivity index (χ3v) is 3.67. The van der Waals surface area contributed by atoms with Crippen molar-refractivity contribution in [2.75, 3.05) is 11.9 Å². The van der Waals surface area contributed by atoms with Crippen LogP contribution in [0.1, 0.15) is 16.1 Å². The molecule has 3 aromatic rings. The minimum Gasteiger partial charge on any atom is -0.504 e. The molecule has 0 radical (unpaired) electrons. The third kappa shape index (κ3) is 5.12. The molecule has 0 aliphatic heterocycles. The first kappa shape index (κ1) is 18.1. The maximum atomic E-state index is 11.9. The zero-order valence-electron chi connectivity index (χ0n) is 14.3. The van der Waals surface area contributed by atoms with E-state index in [-0.39, 0.29) is 35.7 Å². The number of amides is 2. The van der Waals surface area contributed by atoms with E-state index in [0.717, 1.165) is 5.56 Å². The lowest BCUT2D eigenvalue weighted by molar-refractivity contribution is -0.123. The van der Waals surface area contributed by atoms with E-state index in [9.17, 15) is 14.7 Å². The smallest absolute Gasteiger partial charge is 0.291 e. The van der Waals surface area contributed by atoms with Crippen LogP contribution in [0, 0.1) is 0 Å². The van der Waals surface area contributed by atoms with Crippen LogP contribution in [0.15, 0.2) is 71.3 Å². The van der Waals surface area contributed by atoms with Crippen molar-refractivity contribution >= 4 is 17.5 Å². The largest absolute Gasteiger partial charge is 0.504 e. The van der Waals surface area contributed by atoms with Gasteiger partial charge in [0.2, 0.25) is 0 Å². The topological polar surface area (TPSA) is 101 Å². The molecule has 1 heterocycles. The summed E-state index contributed by atoms with van der Waals surface area (Å²) >= 11 is 0. The van der Waals surface area contributed by atoms with E-state index >= 15 is 0 Å². The highest BCUT2D eigenvalue weighted by Gasteiger charge is 2.09. The Balaban J connectivity index is 1.45. The van der Waals surface area contributed by atoms with Gasteiger partial charge in [-0.3, -0.25) is 9.59 Å². The number of rotatable bonds is 7. The van der Waals surface area contributed by atoms with Crippen molar-refractivity contribution in [2.24, 2.45) is 0 Å². The molecular formula is C20H18N2O5. The maximum absolute atomic E-state index is 11.9. The summed E-state index contributed by atoms with van der Waals surface area (Å²) in [7, 11) is 0. The lowest BCUT2D eigenvalue weighted by atomic mass is 10.2. The van der Waals surface area contributed by atoms with Crippen LogP contribution < -0.4 is 15.4 Å². The molecule has 7 nitrogen and oxygen atoms in total. The minimum atomic E-state index is -0.331. The molecule has 0 fully saturated rings. The number of carbonyl (C=O) groups is 2. The van der Waals surface area contributed by atoms with Gasteiger partial charge in [0.1, 0.15) is 0 Å². The van der Waals surface area contributed by atoms with Crippen LogP contribution in [0.4, 0.5) is 5.69 Å². The van der Waals surface area contributed by atoms with Crippen LogP contribution in [0.5, 0.6) is 11.5 Å². The monoisotopic (exact) mass is 366 g/mol. The molecule has 0 saturated heterocycles. The van der Waals surface area contributed by atoms with Gasteiger partial charge < -0.3 is 24.9 Å². The van der Waals surface area contributed by atoms with Gasteiger partial charge in [0.15, 0.2) is 23.9 Å². The number of benzene rings is 2. The molecule has 2 amide bonds. The molecule has 138 valence electrons. The third-order valence-electron chi connectivity index (χ3n) is 3.67. The fraction of sp³-hybridized carbons (Fsp3) is 0.100. The second kappa shape index (κ2) is 8.57. The summed E-state index contributed by atoms with van der Waals surface area (Å²) in [5.41, 5.74) is 1.48. The van der Waals surface area contributed by atoms with Crippen molar-refractivity contribution < 1.29 is 23.8 Å². The van der Waals surface area contributed by atoms with Crippen molar-refractivity contribution in [1.82, 2.24) is 5.32 Å². The number of phenolic OH excluding ortho intramolecular Hbond substituents is 1. The van der Waals surface area contributed by atoms with Gasteiger partial charge in [0, 0.05) is 12.2 Å². The van der Waals surface area contributed by atoms with E-state index in [4.69, 9.17) is 9.15 Å². The second-order valence-electron chi connectivity index (χ2n) is 5.66. The van der Waals surface area contributed by atoms with Gasteiger partial charge in [-0.15, -0.1) is 0 Å². The van der Waals surface area contributed by atoms with E-state index in [2.05, 4.69) is 10.6 Å². The highest BCUT2D eigenvalue weighted by molar-refractivity contribution is 6.02. The lowest BCUT2D eigenvalue weighted by Crippen LogP contribution is -2.28. The molecule has 2 aromatic carbocycles. The van der Waals surface area contributed by atoms with E-state index in [1.54, 1.807) is 54.6 Å². The van der Waals surface area contributed by atoms with E-state index in [1.165, 1.54) is 12.3 Å². The van der Waals surface area contributed by atoms with Gasteiger partial charge in [-0.25, -0.2) is 0 Å². The van der Waals surface area contributed by atoms with Crippen molar-refractivity contribution in [2.45, 2.75) is 6.54 Å². The van der Waals surface area contributed by atoms with Crippen molar-refractivity contribution in [3.05, 3.63) is 78.3 Å². The van der Waals surface area contributed by atoms with Crippen molar-refractivity contribution in [1.29, 1.82) is 0 Å². The van der Waals surface area contributed by atoms with Crippen LogP contribution in [0.3, 0.4) is 0 Å². The summed E-state index contributed by atoms with van der Waals surface area (Å²) in [5.74, 6) is -0.173. The van der Waals surface area contributed by atoms with E-state index in [1.807, 2.05) is 0 Å². The Kier molecular flexibility index (Phi) is 5.73. The van der Waals surface area contributed by atoms with E-state index < -0.39 is 0 Å². The molecule has 0 aliphatic rings. The maximum Gasteiger partial charge on any atom is 0.291 e. The first-order chi connectivity index (χ1) is 13.1. The zero-order chi connectivity index (χ0) is 19.1. The minimum absolute atomic E-state index is 0.0162. The Morgan fingerprint density at radius 3 is 2.48 bits per heavy atom. The Labute approximate surface area is 155 Å². The average Bonchev–Trinajstić information content (AvgIpc) is 3.22. The Morgan fingerprint density at radius 1 is 1.00 bits per heavy atom. The molecular weight excluding hydrogens is 348 g/mol. The number of ether oxygens (including phenoxy) is 1. The van der Waals surface area contributed by atoms with Crippen LogP contribution in [-0.2, 0) is 11.3 Å². The van der Waals surface area contributed by atoms with Crippen LogP contribution in [0.25, 0.3) is 0 Å². The molecule has 0 unspecified atom stereocenters. The molecule has 0 atom stereocenters. The summed E-state index contributed by atoms with van der Waals surface area (Å²) in [6.45, 7) is 0.115. The molecule has 27 heavy (non-hydrogen) atoms. The number of furan rings is 1. The number of carbonyl (C=O) groups excluding carboxylic acids is 2. The highest BCUT2D eigenvalue weighted by atomic mass is 16.5. The normalized spacial score (nSPS) is 10.2. The molecule has 3 N–H and O–H groups in total. The zero-order valence-corrected chi connectivity index (χ0v) is 14.3. The molecule has 7 heteroatoms. The second-order valence-corrected chi connectivity index (χ2v) is 5.66. The number of aromatic hydroxyl groups is 1. The standard InChI is InChI=1S/C20H18N2O5/c23-16-4-1-2-5-17(16)27-13-19(24)21-12-14-7-9-15(10-8-14)22-20(25)18-6-3-11-26-18/h1-11,23H,12-13H2,(H,21,24)(H,22,25). The predicted molar refractivity (Wildman–Crippen MR) is 98.6 cm³/mol. The van der Waals surface area contributed by atoms with Gasteiger partial charge in [0.25, 0.3) is 11.8 Å². The first-order valence-electron chi connectivity index (χ1n) is 8.23. The highest BCUT2D eigenvalue weighted by Crippen LogP contribution is 2.24. The van der Waals surface area contributed by atoms with Crippen LogP contribution >= 0.6 is 0 Å². The van der Waals surface area contributed by atoms with Crippen LogP contribution in [0.2, 0.25) is 0 Å². The van der Waals surface area contributed by atoms with Gasteiger partial charge in [-0.2, -0.15) is 0 Å². The summed E-state index contributed by atoms with van der Waals surface area (Å²) in [5, 5.41) is 15.0. The SMILES string of the molecule is O=C(COc1ccccc1O)NCc1ccc(NC(=O)c2ccco2)cc1. The molecule has 1 aromatic heterocycles. The Morgan fingerprint density at radius 2 is 1.78 bits per heavy atom. The molecule has 0 spiro atoms. The lowest BCUT2D eigenvalue weighted by Gasteiger charge is -2.09. The predicted octanol–water partition coefficient (Wildman–Crippen LogP) is 2.93. The Hall–Kier alpha value is -3.74. The summed E-state index contributed by atoms with van der Waals surface area (Å²) < 4.78 is 10.3. The molecule has 0 bridgehead atoms.